The molecule has 24 heavy (non-hydrogen) atoms. The molecule has 0 aliphatic carbocycles. The second kappa shape index (κ2) is 6.80. The van der Waals surface area contributed by atoms with Crippen molar-refractivity contribution in [1.82, 2.24) is 24.8 Å². The molecule has 3 aromatic rings. The molecule has 1 aromatic carbocycles. The van der Waals surface area contributed by atoms with E-state index in [1.165, 1.54) is 17.5 Å². The van der Waals surface area contributed by atoms with Crippen molar-refractivity contribution in [2.24, 2.45) is 0 Å². The lowest BCUT2D eigenvalue weighted by Gasteiger charge is -2.25. The second-order valence-electron chi connectivity index (χ2n) is 6.08. The van der Waals surface area contributed by atoms with Gasteiger partial charge in [-0.1, -0.05) is 29.8 Å². The van der Waals surface area contributed by atoms with Crippen LogP contribution in [0.25, 0.3) is 5.65 Å². The zero-order chi connectivity index (χ0) is 17.1. The van der Waals surface area contributed by atoms with Crippen LogP contribution in [0.2, 0.25) is 0 Å². The summed E-state index contributed by atoms with van der Waals surface area (Å²) in [7, 11) is 4.02. The van der Waals surface area contributed by atoms with Gasteiger partial charge in [-0.25, -0.2) is 9.50 Å². The number of nitrogens with one attached hydrogen (secondary N) is 1. The Kier molecular flexibility index (Phi) is 4.57. The molecule has 6 nitrogen and oxygen atoms in total. The highest BCUT2D eigenvalue weighted by atomic mass is 16.1. The number of aryl methyl sites for hydroxylation is 1. The summed E-state index contributed by atoms with van der Waals surface area (Å²) in [5, 5.41) is 7.07. The summed E-state index contributed by atoms with van der Waals surface area (Å²) in [5.74, 6) is -0.119. The van der Waals surface area contributed by atoms with Gasteiger partial charge >= 0.3 is 0 Å². The number of likely N-dealkylation sites (N-methyl/N-ethyl adjacent to an activating group) is 1. The lowest BCUT2D eigenvalue weighted by Crippen LogP contribution is -2.34. The van der Waals surface area contributed by atoms with Crippen LogP contribution in [0.3, 0.4) is 0 Å². The van der Waals surface area contributed by atoms with Crippen LogP contribution in [0.5, 0.6) is 0 Å². The van der Waals surface area contributed by atoms with E-state index in [4.69, 9.17) is 0 Å². The minimum Gasteiger partial charge on any atom is -0.350 e. The van der Waals surface area contributed by atoms with Crippen LogP contribution in [-0.2, 0) is 0 Å². The summed E-state index contributed by atoms with van der Waals surface area (Å²) in [6.07, 6.45) is 3.16. The minimum atomic E-state index is -0.119. The molecule has 124 valence electrons. The molecular formula is C18H21N5O. The highest BCUT2D eigenvalue weighted by Crippen LogP contribution is 2.18. The van der Waals surface area contributed by atoms with Gasteiger partial charge in [-0.2, -0.15) is 5.10 Å². The summed E-state index contributed by atoms with van der Waals surface area (Å²) < 4.78 is 1.60. The Bertz CT molecular complexity index is 838. The monoisotopic (exact) mass is 323 g/mol. The first-order chi connectivity index (χ1) is 11.5. The van der Waals surface area contributed by atoms with E-state index < -0.39 is 0 Å². The van der Waals surface area contributed by atoms with Gasteiger partial charge < -0.3 is 10.2 Å². The van der Waals surface area contributed by atoms with Crippen molar-refractivity contribution < 1.29 is 4.79 Å². The van der Waals surface area contributed by atoms with Crippen molar-refractivity contribution >= 4 is 11.6 Å². The number of hydrogen-bond donors (Lipinski definition) is 1. The summed E-state index contributed by atoms with van der Waals surface area (Å²) in [4.78, 5) is 18.6. The van der Waals surface area contributed by atoms with Crippen molar-refractivity contribution in [2.45, 2.75) is 13.0 Å². The van der Waals surface area contributed by atoms with Crippen LogP contribution in [0.15, 0.2) is 48.9 Å². The van der Waals surface area contributed by atoms with Crippen molar-refractivity contribution in [2.75, 3.05) is 20.6 Å². The zero-order valence-electron chi connectivity index (χ0n) is 14.1. The van der Waals surface area contributed by atoms with Gasteiger partial charge in [-0.3, -0.25) is 4.79 Å². The van der Waals surface area contributed by atoms with Gasteiger partial charge in [0.05, 0.1) is 11.6 Å². The topological polar surface area (TPSA) is 62.5 Å². The number of hydrogen-bond acceptors (Lipinski definition) is 4. The SMILES string of the molecule is Cc1ccc(C(CNC(=O)c2ccc3ncnn3c2)N(C)C)cc1. The fraction of sp³-hybridized carbons (Fsp3) is 0.278. The maximum atomic E-state index is 12.4. The molecule has 0 aliphatic heterocycles. The van der Waals surface area contributed by atoms with Crippen LogP contribution in [0, 0.1) is 6.92 Å². The Hall–Kier alpha value is -2.73. The van der Waals surface area contributed by atoms with Crippen molar-refractivity contribution in [3.63, 3.8) is 0 Å². The van der Waals surface area contributed by atoms with E-state index in [0.717, 1.165) is 5.65 Å². The number of nitrogens with zero attached hydrogens (tertiary/aromatic N) is 4. The van der Waals surface area contributed by atoms with E-state index in [-0.39, 0.29) is 11.9 Å². The van der Waals surface area contributed by atoms with Gasteiger partial charge in [0, 0.05) is 12.7 Å². The average Bonchev–Trinajstić information content (AvgIpc) is 3.03. The summed E-state index contributed by atoms with van der Waals surface area (Å²) in [6.45, 7) is 2.60. The van der Waals surface area contributed by atoms with E-state index in [1.807, 2.05) is 14.1 Å². The molecule has 0 fully saturated rings. The highest BCUT2D eigenvalue weighted by Gasteiger charge is 2.16. The number of amides is 1. The Morgan fingerprint density at radius 1 is 1.21 bits per heavy atom. The molecule has 2 aromatic heterocycles. The second-order valence-corrected chi connectivity index (χ2v) is 6.08. The molecule has 0 saturated heterocycles. The van der Waals surface area contributed by atoms with E-state index in [0.29, 0.717) is 12.1 Å². The first-order valence-electron chi connectivity index (χ1n) is 7.85. The molecule has 0 bridgehead atoms. The molecule has 1 amide bonds. The van der Waals surface area contributed by atoms with E-state index in [9.17, 15) is 4.79 Å². The number of rotatable bonds is 5. The first-order valence-corrected chi connectivity index (χ1v) is 7.85. The maximum Gasteiger partial charge on any atom is 0.252 e. The predicted molar refractivity (Wildman–Crippen MR) is 92.9 cm³/mol. The fourth-order valence-electron chi connectivity index (χ4n) is 2.63. The standard InChI is InChI=1S/C18H21N5O/c1-13-4-6-14(7-5-13)16(22(2)3)10-19-18(24)15-8-9-17-20-12-21-23(17)11-15/h4-9,11-12,16H,10H2,1-3H3,(H,19,24). The molecule has 0 spiro atoms. The number of aromatic nitrogens is 3. The lowest BCUT2D eigenvalue weighted by molar-refractivity contribution is 0.0941. The molecule has 0 saturated carbocycles. The van der Waals surface area contributed by atoms with Crippen LogP contribution in [-0.4, -0.2) is 46.0 Å². The third-order valence-corrected chi connectivity index (χ3v) is 4.08. The number of carbonyl (C=O) groups excluding carboxylic acids is 1. The normalized spacial score (nSPS) is 12.5. The smallest absolute Gasteiger partial charge is 0.252 e. The molecule has 1 unspecified atom stereocenters. The van der Waals surface area contributed by atoms with Crippen molar-refractivity contribution in [3.05, 3.63) is 65.6 Å². The number of benzene rings is 1. The van der Waals surface area contributed by atoms with Crippen molar-refractivity contribution in [3.8, 4) is 0 Å². The molecular weight excluding hydrogens is 302 g/mol. The maximum absolute atomic E-state index is 12.4. The summed E-state index contributed by atoms with van der Waals surface area (Å²) in [5.41, 5.74) is 3.69. The average molecular weight is 323 g/mol. The summed E-state index contributed by atoms with van der Waals surface area (Å²) >= 11 is 0. The molecule has 6 heteroatoms. The van der Waals surface area contributed by atoms with Crippen molar-refractivity contribution in [1.29, 1.82) is 0 Å². The molecule has 3 rings (SSSR count). The molecule has 0 aliphatic rings. The van der Waals surface area contributed by atoms with Gasteiger partial charge in [0.1, 0.15) is 6.33 Å². The number of pyridine rings is 1. The minimum absolute atomic E-state index is 0.115. The van der Waals surface area contributed by atoms with Gasteiger partial charge in [0.2, 0.25) is 0 Å². The van der Waals surface area contributed by atoms with Gasteiger partial charge in [-0.05, 0) is 38.7 Å². The lowest BCUT2D eigenvalue weighted by atomic mass is 10.0. The third kappa shape index (κ3) is 3.44. The Morgan fingerprint density at radius 2 is 1.96 bits per heavy atom. The fourth-order valence-corrected chi connectivity index (χ4v) is 2.63. The molecule has 1 N–H and O–H groups in total. The highest BCUT2D eigenvalue weighted by molar-refractivity contribution is 5.94. The van der Waals surface area contributed by atoms with Crippen LogP contribution in [0.4, 0.5) is 0 Å². The Balaban J connectivity index is 1.71. The van der Waals surface area contributed by atoms with Crippen LogP contribution >= 0.6 is 0 Å². The quantitative estimate of drug-likeness (QED) is 0.781. The largest absolute Gasteiger partial charge is 0.350 e. The van der Waals surface area contributed by atoms with E-state index >= 15 is 0 Å². The Morgan fingerprint density at radius 3 is 2.67 bits per heavy atom. The van der Waals surface area contributed by atoms with Gasteiger partial charge in [-0.15, -0.1) is 0 Å². The Labute approximate surface area is 141 Å². The third-order valence-electron chi connectivity index (χ3n) is 4.08. The molecule has 2 heterocycles. The molecule has 0 radical (unpaired) electrons. The first kappa shape index (κ1) is 16.1. The number of fused-ring (bicyclic) bond motifs is 1. The zero-order valence-corrected chi connectivity index (χ0v) is 14.1. The summed E-state index contributed by atoms with van der Waals surface area (Å²) in [6, 6.07) is 12.0. The molecule has 1 atom stereocenters. The van der Waals surface area contributed by atoms with E-state index in [1.54, 1.807) is 22.8 Å². The van der Waals surface area contributed by atoms with Crippen LogP contribution < -0.4 is 5.32 Å². The van der Waals surface area contributed by atoms with Gasteiger partial charge in [0.15, 0.2) is 5.65 Å². The van der Waals surface area contributed by atoms with Gasteiger partial charge in [0.25, 0.3) is 5.91 Å². The predicted octanol–water partition coefficient (Wildman–Crippen LogP) is 2.07. The van der Waals surface area contributed by atoms with Crippen LogP contribution in [0.1, 0.15) is 27.5 Å². The van der Waals surface area contributed by atoms with E-state index in [2.05, 4.69) is 51.5 Å². The number of carbonyl (C=O) groups is 1.